The van der Waals surface area contributed by atoms with E-state index in [1.165, 1.54) is 51.4 Å². The average molecular weight is 457 g/mol. The monoisotopic (exact) mass is 456 g/mol. The van der Waals surface area contributed by atoms with Gasteiger partial charge >= 0.3 is 5.97 Å². The predicted octanol–water partition coefficient (Wildman–Crippen LogP) is 7.17. The Morgan fingerprint density at radius 2 is 1.48 bits per heavy atom. The van der Waals surface area contributed by atoms with Crippen LogP contribution in [0.4, 0.5) is 0 Å². The highest BCUT2D eigenvalue weighted by Gasteiger charge is 2.72. The third kappa shape index (κ3) is 2.70. The summed E-state index contributed by atoms with van der Waals surface area (Å²) in [5.74, 6) is 2.71. The smallest absolute Gasteiger partial charge is 0.306 e. The maximum Gasteiger partial charge on any atom is 0.306 e. The Morgan fingerprint density at radius 1 is 0.758 bits per heavy atom. The van der Waals surface area contributed by atoms with E-state index in [0.29, 0.717) is 46.0 Å². The summed E-state index contributed by atoms with van der Waals surface area (Å²) in [4.78, 5) is 12.6. The number of cyclic esters (lactones) is 1. The molecule has 0 radical (unpaired) electrons. The van der Waals surface area contributed by atoms with Gasteiger partial charge in [0.15, 0.2) is 0 Å². The zero-order valence-corrected chi connectivity index (χ0v) is 22.4. The number of carbonyl (C=O) groups excluding carboxylic acids is 1. The third-order valence-electron chi connectivity index (χ3n) is 13.5. The minimum Gasteiger partial charge on any atom is -0.459 e. The van der Waals surface area contributed by atoms with Gasteiger partial charge in [0.05, 0.1) is 12.7 Å². The normalized spacial score (nSPS) is 56.5. The largest absolute Gasteiger partial charge is 0.459 e. The summed E-state index contributed by atoms with van der Waals surface area (Å²) in [6.07, 6.45) is 12.7. The quantitative estimate of drug-likeness (QED) is 0.362. The van der Waals surface area contributed by atoms with Crippen LogP contribution < -0.4 is 0 Å². The first-order valence-corrected chi connectivity index (χ1v) is 14.1. The van der Waals surface area contributed by atoms with Crippen molar-refractivity contribution < 1.29 is 14.3 Å². The van der Waals surface area contributed by atoms with Gasteiger partial charge in [-0.1, -0.05) is 34.6 Å². The lowest BCUT2D eigenvalue weighted by Gasteiger charge is -2.72. The molecule has 3 nitrogen and oxygen atoms in total. The molecular weight excluding hydrogens is 408 g/mol. The Morgan fingerprint density at radius 3 is 2.24 bits per heavy atom. The minimum absolute atomic E-state index is 0.0231. The highest BCUT2D eigenvalue weighted by atomic mass is 16.6. The molecule has 6 fully saturated rings. The van der Waals surface area contributed by atoms with Crippen LogP contribution in [0.2, 0.25) is 0 Å². The van der Waals surface area contributed by atoms with Gasteiger partial charge in [-0.15, -0.1) is 0 Å². The fourth-order valence-electron chi connectivity index (χ4n) is 11.6. The summed E-state index contributed by atoms with van der Waals surface area (Å²) in [6, 6.07) is 0. The topological polar surface area (TPSA) is 35.5 Å². The average Bonchev–Trinajstić information content (AvgIpc) is 3.01. The van der Waals surface area contributed by atoms with Crippen LogP contribution in [0, 0.1) is 50.7 Å². The Balaban J connectivity index is 1.40. The van der Waals surface area contributed by atoms with Gasteiger partial charge in [-0.2, -0.15) is 0 Å². The Hall–Kier alpha value is -0.570. The highest BCUT2D eigenvalue weighted by Crippen LogP contribution is 2.77. The first kappa shape index (κ1) is 22.9. The zero-order valence-electron chi connectivity index (χ0n) is 22.4. The molecule has 2 bridgehead atoms. The number of fused-ring (bicyclic) bond motifs is 5. The number of hydrogen-bond acceptors (Lipinski definition) is 3. The lowest BCUT2D eigenvalue weighted by molar-refractivity contribution is -0.239. The molecule has 6 aliphatic rings. The van der Waals surface area contributed by atoms with Crippen LogP contribution >= 0.6 is 0 Å². The molecule has 0 amide bonds. The van der Waals surface area contributed by atoms with Crippen LogP contribution in [0.3, 0.4) is 0 Å². The van der Waals surface area contributed by atoms with E-state index in [0.717, 1.165) is 24.9 Å². The Kier molecular flexibility index (Phi) is 4.57. The van der Waals surface area contributed by atoms with Crippen molar-refractivity contribution in [3.8, 4) is 0 Å². The van der Waals surface area contributed by atoms with E-state index in [9.17, 15) is 4.79 Å². The van der Waals surface area contributed by atoms with Gasteiger partial charge in [0, 0.05) is 12.3 Å². The molecule has 4 aliphatic carbocycles. The molecule has 2 heterocycles. The van der Waals surface area contributed by atoms with Gasteiger partial charge in [0.25, 0.3) is 0 Å². The van der Waals surface area contributed by atoms with E-state index in [-0.39, 0.29) is 17.0 Å². The number of esters is 1. The first-order chi connectivity index (χ1) is 15.3. The molecule has 2 saturated heterocycles. The molecule has 0 N–H and O–H groups in total. The lowest BCUT2D eigenvalue weighted by atomic mass is 9.32. The maximum atomic E-state index is 12.6. The van der Waals surface area contributed by atoms with Gasteiger partial charge in [0.1, 0.15) is 5.60 Å². The van der Waals surface area contributed by atoms with Gasteiger partial charge in [-0.3, -0.25) is 4.79 Å². The van der Waals surface area contributed by atoms with E-state index in [1.807, 2.05) is 0 Å². The Labute approximate surface area is 202 Å². The molecule has 0 unspecified atom stereocenters. The molecule has 3 heteroatoms. The van der Waals surface area contributed by atoms with Crippen LogP contribution in [0.15, 0.2) is 0 Å². The molecule has 6 rings (SSSR count). The van der Waals surface area contributed by atoms with Gasteiger partial charge in [-0.05, 0) is 116 Å². The van der Waals surface area contributed by atoms with Gasteiger partial charge in [-0.25, -0.2) is 0 Å². The van der Waals surface area contributed by atoms with Crippen molar-refractivity contribution in [3.63, 3.8) is 0 Å². The second-order valence-corrected chi connectivity index (χ2v) is 15.4. The summed E-state index contributed by atoms with van der Waals surface area (Å²) in [7, 11) is 0. The number of hydrogen-bond donors (Lipinski definition) is 0. The summed E-state index contributed by atoms with van der Waals surface area (Å²) in [5, 5.41) is 0. The highest BCUT2D eigenvalue weighted by molar-refractivity contribution is 5.70. The molecular formula is C30H48O3. The summed E-state index contributed by atoms with van der Waals surface area (Å²) in [5.41, 5.74) is 1.32. The molecule has 186 valence electrons. The summed E-state index contributed by atoms with van der Waals surface area (Å²) >= 11 is 0. The molecule has 2 aliphatic heterocycles. The van der Waals surface area contributed by atoms with Crippen molar-refractivity contribution in [2.45, 2.75) is 124 Å². The fourth-order valence-corrected chi connectivity index (χ4v) is 11.6. The molecule has 0 aromatic heterocycles. The molecule has 0 aromatic rings. The van der Waals surface area contributed by atoms with Crippen molar-refractivity contribution >= 4 is 5.97 Å². The number of carbonyl (C=O) groups is 1. The van der Waals surface area contributed by atoms with Crippen LogP contribution in [-0.2, 0) is 14.3 Å². The number of rotatable bonds is 0. The predicted molar refractivity (Wildman–Crippen MR) is 131 cm³/mol. The summed E-state index contributed by atoms with van der Waals surface area (Å²) in [6.45, 7) is 18.3. The van der Waals surface area contributed by atoms with E-state index < -0.39 is 0 Å². The van der Waals surface area contributed by atoms with E-state index in [1.54, 1.807) is 0 Å². The van der Waals surface area contributed by atoms with Crippen LogP contribution in [0.25, 0.3) is 0 Å². The van der Waals surface area contributed by atoms with Crippen molar-refractivity contribution in [2.24, 2.45) is 50.7 Å². The standard InChI is InChI=1S/C30H48O3/c1-25(2)14-16-30-17-15-28(6)19(23(30)24(25)32-18-30)8-9-21-27(5)12-11-22(31)33-26(3,4)20(27)10-13-29(21,28)7/h19-21,23-24H,8-18H2,1-7H3/t19-,20+,21-,23+,24-,27-,28-,29-,30+/m1/s1. The van der Waals surface area contributed by atoms with Crippen LogP contribution in [0.1, 0.15) is 113 Å². The Bertz CT molecular complexity index is 861. The van der Waals surface area contributed by atoms with Gasteiger partial charge in [0.2, 0.25) is 0 Å². The fraction of sp³-hybridized carbons (Fsp3) is 0.967. The van der Waals surface area contributed by atoms with Crippen molar-refractivity contribution in [3.05, 3.63) is 0 Å². The first-order valence-electron chi connectivity index (χ1n) is 14.1. The van der Waals surface area contributed by atoms with Crippen molar-refractivity contribution in [1.82, 2.24) is 0 Å². The molecule has 4 saturated carbocycles. The van der Waals surface area contributed by atoms with Crippen molar-refractivity contribution in [1.29, 1.82) is 0 Å². The van der Waals surface area contributed by atoms with E-state index >= 15 is 0 Å². The lowest BCUT2D eigenvalue weighted by Crippen LogP contribution is -2.66. The minimum atomic E-state index is -0.349. The second kappa shape index (κ2) is 6.60. The third-order valence-corrected chi connectivity index (χ3v) is 13.5. The molecule has 0 aromatic carbocycles. The molecule has 33 heavy (non-hydrogen) atoms. The van der Waals surface area contributed by atoms with Gasteiger partial charge < -0.3 is 9.47 Å². The second-order valence-electron chi connectivity index (χ2n) is 15.4. The molecule has 0 spiro atoms. The van der Waals surface area contributed by atoms with Crippen LogP contribution in [-0.4, -0.2) is 24.3 Å². The molecule has 9 atom stereocenters. The number of ether oxygens (including phenoxy) is 2. The van der Waals surface area contributed by atoms with Crippen LogP contribution in [0.5, 0.6) is 0 Å². The van der Waals surface area contributed by atoms with E-state index in [2.05, 4.69) is 48.5 Å². The zero-order chi connectivity index (χ0) is 23.7. The summed E-state index contributed by atoms with van der Waals surface area (Å²) < 4.78 is 12.8. The van der Waals surface area contributed by atoms with E-state index in [4.69, 9.17) is 9.47 Å². The SMILES string of the molecule is CC1(C)CC[C@@]23CC[C@]4(C)[C@H](CC[C@@H]5[C@]6(C)CCC(=O)OC(C)(C)[C@@H]6CC[C@]54C)[C@H]2[C@H]1OC3. The van der Waals surface area contributed by atoms with Crippen molar-refractivity contribution in [2.75, 3.05) is 6.61 Å². The maximum absolute atomic E-state index is 12.6.